The minimum absolute atomic E-state index is 0.191. The molecule has 0 bridgehead atoms. The summed E-state index contributed by atoms with van der Waals surface area (Å²) >= 11 is 0. The lowest BCUT2D eigenvalue weighted by molar-refractivity contribution is -0.131. The molecule has 0 radical (unpaired) electrons. The van der Waals surface area contributed by atoms with Gasteiger partial charge >= 0.3 is 0 Å². The van der Waals surface area contributed by atoms with Crippen molar-refractivity contribution in [2.75, 3.05) is 13.2 Å². The molecule has 0 unspecified atom stereocenters. The van der Waals surface area contributed by atoms with Crippen molar-refractivity contribution in [2.24, 2.45) is 0 Å². The molecule has 6 nitrogen and oxygen atoms in total. The number of rotatable bonds is 7. The number of carbonyl (C=O) groups is 2. The highest BCUT2D eigenvalue weighted by molar-refractivity contribution is 5.83. The molecule has 2 rings (SSSR count). The van der Waals surface area contributed by atoms with Gasteiger partial charge in [-0.15, -0.1) is 0 Å². The van der Waals surface area contributed by atoms with Crippen LogP contribution in [0, 0.1) is 13.8 Å². The fraction of sp³-hybridized carbons (Fsp3) is 0.300. The molecule has 0 saturated carbocycles. The van der Waals surface area contributed by atoms with Crippen molar-refractivity contribution in [1.82, 2.24) is 10.9 Å². The van der Waals surface area contributed by atoms with E-state index in [-0.39, 0.29) is 13.2 Å². The van der Waals surface area contributed by atoms with E-state index in [4.69, 9.17) is 9.47 Å². The van der Waals surface area contributed by atoms with E-state index in [1.54, 1.807) is 0 Å². The molecule has 0 aliphatic heterocycles. The number of hydrazine groups is 1. The van der Waals surface area contributed by atoms with Gasteiger partial charge in [-0.25, -0.2) is 0 Å². The molecule has 26 heavy (non-hydrogen) atoms. The Morgan fingerprint density at radius 2 is 1.31 bits per heavy atom. The predicted molar refractivity (Wildman–Crippen MR) is 99.0 cm³/mol. The molecule has 138 valence electrons. The summed E-state index contributed by atoms with van der Waals surface area (Å²) in [5, 5.41) is 0. The molecule has 0 heterocycles. The van der Waals surface area contributed by atoms with E-state index in [1.165, 1.54) is 5.56 Å². The Morgan fingerprint density at radius 3 is 1.81 bits per heavy atom. The van der Waals surface area contributed by atoms with Gasteiger partial charge in [-0.2, -0.15) is 0 Å². The maximum Gasteiger partial charge on any atom is 0.276 e. The lowest BCUT2D eigenvalue weighted by Gasteiger charge is -2.10. The van der Waals surface area contributed by atoms with E-state index < -0.39 is 11.8 Å². The first kappa shape index (κ1) is 19.3. The smallest absolute Gasteiger partial charge is 0.276 e. The van der Waals surface area contributed by atoms with Crippen molar-refractivity contribution in [3.05, 3.63) is 59.2 Å². The summed E-state index contributed by atoms with van der Waals surface area (Å²) in [6, 6.07) is 13.2. The van der Waals surface area contributed by atoms with E-state index in [9.17, 15) is 9.59 Å². The van der Waals surface area contributed by atoms with Crippen molar-refractivity contribution in [1.29, 1.82) is 0 Å². The average Bonchev–Trinajstić information content (AvgIpc) is 2.62. The van der Waals surface area contributed by atoms with E-state index in [0.717, 1.165) is 17.5 Å². The number of amides is 2. The Labute approximate surface area is 153 Å². The summed E-state index contributed by atoms with van der Waals surface area (Å²) in [4.78, 5) is 23.5. The first-order valence-electron chi connectivity index (χ1n) is 8.47. The Hall–Kier alpha value is -3.02. The van der Waals surface area contributed by atoms with Crippen LogP contribution in [0.15, 0.2) is 42.5 Å². The van der Waals surface area contributed by atoms with Crippen molar-refractivity contribution in [2.45, 2.75) is 27.2 Å². The normalized spacial score (nSPS) is 10.1. The molecule has 0 aliphatic rings. The maximum absolute atomic E-state index is 11.7. The molecule has 0 saturated heterocycles. The third kappa shape index (κ3) is 6.47. The summed E-state index contributed by atoms with van der Waals surface area (Å²) in [5.74, 6) is 0.304. The number of nitrogens with one attached hydrogen (secondary N) is 2. The van der Waals surface area contributed by atoms with Crippen LogP contribution in [-0.4, -0.2) is 25.0 Å². The lowest BCUT2D eigenvalue weighted by Crippen LogP contribution is -2.45. The number of aryl methyl sites for hydroxylation is 3. The van der Waals surface area contributed by atoms with Gasteiger partial charge in [0.05, 0.1) is 0 Å². The molecular formula is C20H24N2O4. The van der Waals surface area contributed by atoms with Crippen LogP contribution in [0.3, 0.4) is 0 Å². The minimum Gasteiger partial charge on any atom is -0.484 e. The van der Waals surface area contributed by atoms with Gasteiger partial charge in [-0.1, -0.05) is 25.1 Å². The van der Waals surface area contributed by atoms with Gasteiger partial charge in [-0.3, -0.25) is 20.4 Å². The third-order valence-electron chi connectivity index (χ3n) is 3.61. The largest absolute Gasteiger partial charge is 0.484 e. The van der Waals surface area contributed by atoms with Gasteiger partial charge in [-0.05, 0) is 61.2 Å². The summed E-state index contributed by atoms with van der Waals surface area (Å²) in [5.41, 5.74) is 7.88. The van der Waals surface area contributed by atoms with Crippen molar-refractivity contribution in [3.8, 4) is 11.5 Å². The predicted octanol–water partition coefficient (Wildman–Crippen LogP) is 2.47. The summed E-state index contributed by atoms with van der Waals surface area (Å²) < 4.78 is 10.8. The SMILES string of the molecule is CCc1ccc(OCC(=O)NNC(=O)COc2cc(C)cc(C)c2)cc1. The molecule has 2 aromatic rings. The summed E-state index contributed by atoms with van der Waals surface area (Å²) in [7, 11) is 0. The molecule has 0 atom stereocenters. The highest BCUT2D eigenvalue weighted by Gasteiger charge is 2.07. The van der Waals surface area contributed by atoms with Crippen LogP contribution >= 0.6 is 0 Å². The first-order valence-corrected chi connectivity index (χ1v) is 8.47. The van der Waals surface area contributed by atoms with E-state index in [0.29, 0.717) is 11.5 Å². The summed E-state index contributed by atoms with van der Waals surface area (Å²) in [6.07, 6.45) is 0.941. The van der Waals surface area contributed by atoms with Gasteiger partial charge < -0.3 is 9.47 Å². The quantitative estimate of drug-likeness (QED) is 0.747. The van der Waals surface area contributed by atoms with Gasteiger partial charge in [0.2, 0.25) is 0 Å². The van der Waals surface area contributed by atoms with Crippen molar-refractivity contribution in [3.63, 3.8) is 0 Å². The Morgan fingerprint density at radius 1 is 0.808 bits per heavy atom. The van der Waals surface area contributed by atoms with Crippen LogP contribution < -0.4 is 20.3 Å². The molecule has 2 N–H and O–H groups in total. The molecular weight excluding hydrogens is 332 g/mol. The van der Waals surface area contributed by atoms with E-state index >= 15 is 0 Å². The van der Waals surface area contributed by atoms with Gasteiger partial charge in [0, 0.05) is 0 Å². The Balaban J connectivity index is 1.68. The maximum atomic E-state index is 11.7. The minimum atomic E-state index is -0.454. The fourth-order valence-corrected chi connectivity index (χ4v) is 2.35. The van der Waals surface area contributed by atoms with Crippen LogP contribution in [0.1, 0.15) is 23.6 Å². The molecule has 0 spiro atoms. The van der Waals surface area contributed by atoms with Crippen LogP contribution in [-0.2, 0) is 16.0 Å². The number of ether oxygens (including phenoxy) is 2. The number of hydrogen-bond donors (Lipinski definition) is 2. The average molecular weight is 356 g/mol. The van der Waals surface area contributed by atoms with Crippen LogP contribution in [0.4, 0.5) is 0 Å². The molecule has 2 aromatic carbocycles. The van der Waals surface area contributed by atoms with Crippen LogP contribution in [0.5, 0.6) is 11.5 Å². The summed E-state index contributed by atoms with van der Waals surface area (Å²) in [6.45, 7) is 5.59. The molecule has 0 aromatic heterocycles. The number of hydrogen-bond acceptors (Lipinski definition) is 4. The highest BCUT2D eigenvalue weighted by Crippen LogP contribution is 2.16. The van der Waals surface area contributed by atoms with Gasteiger partial charge in [0.15, 0.2) is 13.2 Å². The zero-order chi connectivity index (χ0) is 18.9. The fourth-order valence-electron chi connectivity index (χ4n) is 2.35. The zero-order valence-corrected chi connectivity index (χ0v) is 15.3. The highest BCUT2D eigenvalue weighted by atomic mass is 16.5. The molecule has 0 fully saturated rings. The topological polar surface area (TPSA) is 76.7 Å². The van der Waals surface area contributed by atoms with Gasteiger partial charge in [0.1, 0.15) is 11.5 Å². The zero-order valence-electron chi connectivity index (χ0n) is 15.3. The monoisotopic (exact) mass is 356 g/mol. The van der Waals surface area contributed by atoms with E-state index in [1.807, 2.05) is 56.3 Å². The molecule has 6 heteroatoms. The second kappa shape index (κ2) is 9.46. The lowest BCUT2D eigenvalue weighted by atomic mass is 10.1. The Bertz CT molecular complexity index is 737. The molecule has 2 amide bonds. The van der Waals surface area contributed by atoms with Crippen LogP contribution in [0.2, 0.25) is 0 Å². The van der Waals surface area contributed by atoms with Crippen molar-refractivity contribution < 1.29 is 19.1 Å². The van der Waals surface area contributed by atoms with Crippen molar-refractivity contribution >= 4 is 11.8 Å². The van der Waals surface area contributed by atoms with E-state index in [2.05, 4.69) is 17.8 Å². The molecule has 0 aliphatic carbocycles. The number of carbonyl (C=O) groups excluding carboxylic acids is 2. The first-order chi connectivity index (χ1) is 12.5. The second-order valence-corrected chi connectivity index (χ2v) is 5.99. The standard InChI is InChI=1S/C20H24N2O4/c1-4-16-5-7-17(8-6-16)25-12-19(23)21-22-20(24)13-26-18-10-14(2)9-15(3)11-18/h5-11H,4,12-13H2,1-3H3,(H,21,23)(H,22,24). The number of benzene rings is 2. The Kier molecular flexibility index (Phi) is 7.02. The van der Waals surface area contributed by atoms with Gasteiger partial charge in [0.25, 0.3) is 11.8 Å². The third-order valence-corrected chi connectivity index (χ3v) is 3.61. The second-order valence-electron chi connectivity index (χ2n) is 5.99. The van der Waals surface area contributed by atoms with Crippen LogP contribution in [0.25, 0.3) is 0 Å².